The van der Waals surface area contributed by atoms with Crippen molar-refractivity contribution < 1.29 is 4.79 Å². The summed E-state index contributed by atoms with van der Waals surface area (Å²) in [6.07, 6.45) is 5.21. The summed E-state index contributed by atoms with van der Waals surface area (Å²) < 4.78 is 0. The van der Waals surface area contributed by atoms with Gasteiger partial charge in [-0.1, -0.05) is 6.07 Å². The molecular weight excluding hydrogens is 212 g/mol. The van der Waals surface area contributed by atoms with E-state index in [9.17, 15) is 4.79 Å². The number of rotatable bonds is 3. The highest BCUT2D eigenvalue weighted by Crippen LogP contribution is 2.24. The Hall–Kier alpha value is -1.35. The van der Waals surface area contributed by atoms with Gasteiger partial charge in [0.25, 0.3) is 0 Å². The van der Waals surface area contributed by atoms with Gasteiger partial charge in [0.05, 0.1) is 0 Å². The highest BCUT2D eigenvalue weighted by molar-refractivity contribution is 5.91. The standard InChI is InChI=1S/C14H20N2O/c1-10(15)8-14(17)16-13-7-6-11-4-2-3-5-12(11)9-13/h6-7,9-10H,2-5,8,15H2,1H3,(H,16,17). The number of fused-ring (bicyclic) bond motifs is 1. The van der Waals surface area contributed by atoms with Gasteiger partial charge in [-0.05, 0) is 55.9 Å². The third-order valence-corrected chi connectivity index (χ3v) is 3.14. The lowest BCUT2D eigenvalue weighted by atomic mass is 9.91. The zero-order chi connectivity index (χ0) is 12.3. The van der Waals surface area contributed by atoms with E-state index in [1.807, 2.05) is 13.0 Å². The molecule has 1 aliphatic rings. The van der Waals surface area contributed by atoms with E-state index in [1.54, 1.807) is 0 Å². The number of aryl methyl sites for hydroxylation is 2. The van der Waals surface area contributed by atoms with E-state index in [1.165, 1.54) is 30.4 Å². The fraction of sp³-hybridized carbons (Fsp3) is 0.500. The quantitative estimate of drug-likeness (QED) is 0.839. The molecule has 0 bridgehead atoms. The van der Waals surface area contributed by atoms with Gasteiger partial charge in [-0.3, -0.25) is 4.79 Å². The molecule has 2 rings (SSSR count). The van der Waals surface area contributed by atoms with Crippen molar-refractivity contribution in [1.29, 1.82) is 0 Å². The van der Waals surface area contributed by atoms with Crippen molar-refractivity contribution in [3.63, 3.8) is 0 Å². The highest BCUT2D eigenvalue weighted by Gasteiger charge is 2.11. The van der Waals surface area contributed by atoms with Gasteiger partial charge in [0.2, 0.25) is 5.91 Å². The van der Waals surface area contributed by atoms with Gasteiger partial charge in [0.15, 0.2) is 0 Å². The van der Waals surface area contributed by atoms with E-state index in [2.05, 4.69) is 17.4 Å². The fourth-order valence-corrected chi connectivity index (χ4v) is 2.32. The van der Waals surface area contributed by atoms with Crippen LogP contribution in [0.5, 0.6) is 0 Å². The number of carbonyl (C=O) groups excluding carboxylic acids is 1. The molecule has 1 amide bonds. The van der Waals surface area contributed by atoms with E-state index in [0.717, 1.165) is 12.1 Å². The summed E-state index contributed by atoms with van der Waals surface area (Å²) in [6, 6.07) is 6.14. The van der Waals surface area contributed by atoms with Crippen LogP contribution in [0.25, 0.3) is 0 Å². The van der Waals surface area contributed by atoms with Crippen LogP contribution in [0.2, 0.25) is 0 Å². The third kappa shape index (κ3) is 3.30. The monoisotopic (exact) mass is 232 g/mol. The Labute approximate surface area is 102 Å². The fourth-order valence-electron chi connectivity index (χ4n) is 2.32. The van der Waals surface area contributed by atoms with Gasteiger partial charge in [-0.2, -0.15) is 0 Å². The van der Waals surface area contributed by atoms with E-state index in [4.69, 9.17) is 5.73 Å². The molecule has 0 aromatic heterocycles. The van der Waals surface area contributed by atoms with Crippen molar-refractivity contribution in [2.75, 3.05) is 5.32 Å². The van der Waals surface area contributed by atoms with Crippen molar-refractivity contribution in [1.82, 2.24) is 0 Å². The number of hydrogen-bond acceptors (Lipinski definition) is 2. The van der Waals surface area contributed by atoms with Crippen LogP contribution in [0.1, 0.15) is 37.3 Å². The van der Waals surface area contributed by atoms with Gasteiger partial charge in [-0.25, -0.2) is 0 Å². The first-order chi connectivity index (χ1) is 8.15. The maximum absolute atomic E-state index is 11.6. The topological polar surface area (TPSA) is 55.1 Å². The highest BCUT2D eigenvalue weighted by atomic mass is 16.1. The van der Waals surface area contributed by atoms with Crippen LogP contribution < -0.4 is 11.1 Å². The first-order valence-corrected chi connectivity index (χ1v) is 6.32. The molecule has 0 heterocycles. The maximum Gasteiger partial charge on any atom is 0.225 e. The second-order valence-corrected chi connectivity index (χ2v) is 4.92. The Morgan fingerprint density at radius 3 is 2.76 bits per heavy atom. The molecule has 0 saturated carbocycles. The Balaban J connectivity index is 2.04. The Bertz CT molecular complexity index is 413. The summed E-state index contributed by atoms with van der Waals surface area (Å²) in [4.78, 5) is 11.6. The normalized spacial score (nSPS) is 16.1. The number of benzene rings is 1. The third-order valence-electron chi connectivity index (χ3n) is 3.14. The van der Waals surface area contributed by atoms with Crippen molar-refractivity contribution in [2.24, 2.45) is 5.73 Å². The number of carbonyl (C=O) groups is 1. The van der Waals surface area contributed by atoms with Crippen molar-refractivity contribution in [3.8, 4) is 0 Å². The van der Waals surface area contributed by atoms with Crippen LogP contribution in [0, 0.1) is 0 Å². The molecule has 0 aliphatic heterocycles. The summed E-state index contributed by atoms with van der Waals surface area (Å²) in [7, 11) is 0. The molecule has 3 heteroatoms. The van der Waals surface area contributed by atoms with Gasteiger partial charge >= 0.3 is 0 Å². The average Bonchev–Trinajstić information content (AvgIpc) is 2.27. The van der Waals surface area contributed by atoms with Crippen LogP contribution in [-0.2, 0) is 17.6 Å². The molecule has 0 saturated heterocycles. The van der Waals surface area contributed by atoms with Crippen LogP contribution in [0.15, 0.2) is 18.2 Å². The minimum absolute atomic E-state index is 0.00393. The van der Waals surface area contributed by atoms with Crippen molar-refractivity contribution in [2.45, 2.75) is 45.1 Å². The zero-order valence-electron chi connectivity index (χ0n) is 10.3. The molecule has 1 aromatic carbocycles. The molecule has 17 heavy (non-hydrogen) atoms. The first-order valence-electron chi connectivity index (χ1n) is 6.32. The molecule has 92 valence electrons. The summed E-state index contributed by atoms with van der Waals surface area (Å²) in [5.74, 6) is -0.00393. The number of nitrogens with two attached hydrogens (primary N) is 1. The van der Waals surface area contributed by atoms with E-state index >= 15 is 0 Å². The van der Waals surface area contributed by atoms with E-state index in [0.29, 0.717) is 6.42 Å². The minimum Gasteiger partial charge on any atom is -0.327 e. The van der Waals surface area contributed by atoms with Gasteiger partial charge < -0.3 is 11.1 Å². The summed E-state index contributed by atoms with van der Waals surface area (Å²) in [6.45, 7) is 1.84. The Morgan fingerprint density at radius 1 is 1.35 bits per heavy atom. The largest absolute Gasteiger partial charge is 0.327 e. The Kier molecular flexibility index (Phi) is 3.79. The van der Waals surface area contributed by atoms with Crippen LogP contribution in [0.3, 0.4) is 0 Å². The van der Waals surface area contributed by atoms with E-state index in [-0.39, 0.29) is 11.9 Å². The second kappa shape index (κ2) is 5.32. The molecule has 0 fully saturated rings. The number of nitrogens with one attached hydrogen (secondary N) is 1. The first kappa shape index (κ1) is 12.1. The molecular formula is C14H20N2O. The number of anilines is 1. The maximum atomic E-state index is 11.6. The number of amides is 1. The Morgan fingerprint density at radius 2 is 2.06 bits per heavy atom. The SMILES string of the molecule is CC(N)CC(=O)Nc1ccc2c(c1)CCCC2. The lowest BCUT2D eigenvalue weighted by Gasteiger charge is -2.17. The van der Waals surface area contributed by atoms with E-state index < -0.39 is 0 Å². The molecule has 1 unspecified atom stereocenters. The minimum atomic E-state index is -0.0902. The zero-order valence-corrected chi connectivity index (χ0v) is 10.3. The van der Waals surface area contributed by atoms with Crippen molar-refractivity contribution in [3.05, 3.63) is 29.3 Å². The van der Waals surface area contributed by atoms with Crippen LogP contribution >= 0.6 is 0 Å². The lowest BCUT2D eigenvalue weighted by molar-refractivity contribution is -0.116. The van der Waals surface area contributed by atoms with Gasteiger partial charge in [-0.15, -0.1) is 0 Å². The molecule has 3 N–H and O–H groups in total. The molecule has 0 radical (unpaired) electrons. The van der Waals surface area contributed by atoms with Crippen molar-refractivity contribution >= 4 is 11.6 Å². The smallest absolute Gasteiger partial charge is 0.225 e. The predicted octanol–water partition coefficient (Wildman–Crippen LogP) is 2.24. The molecule has 1 aliphatic carbocycles. The average molecular weight is 232 g/mol. The predicted molar refractivity (Wildman–Crippen MR) is 70.0 cm³/mol. The van der Waals surface area contributed by atoms with Crippen LogP contribution in [0.4, 0.5) is 5.69 Å². The molecule has 1 atom stereocenters. The molecule has 3 nitrogen and oxygen atoms in total. The number of hydrogen-bond donors (Lipinski definition) is 2. The summed E-state index contributed by atoms with van der Waals surface area (Å²) in [5.41, 5.74) is 9.31. The molecule has 0 spiro atoms. The van der Waals surface area contributed by atoms with Gasteiger partial charge in [0, 0.05) is 18.2 Å². The summed E-state index contributed by atoms with van der Waals surface area (Å²) >= 11 is 0. The van der Waals surface area contributed by atoms with Gasteiger partial charge in [0.1, 0.15) is 0 Å². The summed E-state index contributed by atoms with van der Waals surface area (Å²) in [5, 5.41) is 2.90. The molecule has 1 aromatic rings. The van der Waals surface area contributed by atoms with Crippen LogP contribution in [-0.4, -0.2) is 11.9 Å². The second-order valence-electron chi connectivity index (χ2n) is 4.92. The lowest BCUT2D eigenvalue weighted by Crippen LogP contribution is -2.24.